The highest BCUT2D eigenvalue weighted by Gasteiger charge is 2.37. The Morgan fingerprint density at radius 2 is 1.93 bits per heavy atom. The fraction of sp³-hybridized carbons (Fsp3) is 0.700. The van der Waals surface area contributed by atoms with Crippen molar-refractivity contribution in [2.45, 2.75) is 65.0 Å². The van der Waals surface area contributed by atoms with Crippen molar-refractivity contribution in [2.24, 2.45) is 5.92 Å². The number of likely N-dealkylation sites (tertiary alicyclic amines) is 1. The lowest BCUT2D eigenvalue weighted by Gasteiger charge is -2.33. The molecule has 0 spiro atoms. The number of carbonyl (C=O) groups excluding carboxylic acids is 2. The molecule has 3 rings (SSSR count). The van der Waals surface area contributed by atoms with E-state index < -0.39 is 5.60 Å². The molecule has 1 aromatic heterocycles. The van der Waals surface area contributed by atoms with Crippen molar-refractivity contribution >= 4 is 18.0 Å². The Balaban J connectivity index is 1.67. The number of cyclic esters (lactones) is 1. The second-order valence-corrected chi connectivity index (χ2v) is 8.80. The van der Waals surface area contributed by atoms with E-state index in [0.717, 1.165) is 18.5 Å². The van der Waals surface area contributed by atoms with Gasteiger partial charge in [0.2, 0.25) is 0 Å². The van der Waals surface area contributed by atoms with Crippen LogP contribution in [0, 0.1) is 5.92 Å². The number of hydrogen-bond donors (Lipinski definition) is 0. The van der Waals surface area contributed by atoms with Crippen molar-refractivity contribution in [3.05, 3.63) is 18.1 Å². The van der Waals surface area contributed by atoms with Gasteiger partial charge < -0.3 is 14.4 Å². The summed E-state index contributed by atoms with van der Waals surface area (Å²) < 4.78 is 10.7. The first-order valence-electron chi connectivity index (χ1n) is 9.91. The molecule has 2 fully saturated rings. The van der Waals surface area contributed by atoms with Crippen LogP contribution in [0.5, 0.6) is 0 Å². The maximum absolute atomic E-state index is 12.2. The van der Waals surface area contributed by atoms with Crippen molar-refractivity contribution < 1.29 is 19.1 Å². The van der Waals surface area contributed by atoms with Crippen molar-refractivity contribution in [2.75, 3.05) is 24.6 Å². The van der Waals surface area contributed by atoms with Gasteiger partial charge in [-0.15, -0.1) is 0 Å². The predicted molar refractivity (Wildman–Crippen MR) is 104 cm³/mol. The van der Waals surface area contributed by atoms with E-state index in [9.17, 15) is 9.59 Å². The van der Waals surface area contributed by atoms with E-state index in [2.05, 4.69) is 18.8 Å². The molecule has 2 amide bonds. The van der Waals surface area contributed by atoms with E-state index >= 15 is 0 Å². The van der Waals surface area contributed by atoms with Crippen LogP contribution in [-0.2, 0) is 9.47 Å². The summed E-state index contributed by atoms with van der Waals surface area (Å²) in [6.07, 6.45) is 4.30. The molecule has 0 bridgehead atoms. The Bertz CT molecular complexity index is 723. The molecule has 0 aliphatic carbocycles. The SMILES string of the molecule is CC(C)C1COC(=O)N1c1cncc(C2CCN(C(=O)OC(C)(C)C)CC2)n1. The number of rotatable bonds is 3. The standard InChI is InChI=1S/C20H30N4O4/c1-13(2)16-12-27-19(26)24(16)17-11-21-10-15(22-17)14-6-8-23(9-7-14)18(25)28-20(3,4)5/h10-11,13-14,16H,6-9,12H2,1-5H3. The van der Waals surface area contributed by atoms with Gasteiger partial charge in [0.1, 0.15) is 12.2 Å². The smallest absolute Gasteiger partial charge is 0.415 e. The van der Waals surface area contributed by atoms with E-state index in [1.165, 1.54) is 0 Å². The topological polar surface area (TPSA) is 84.9 Å². The average molecular weight is 390 g/mol. The third-order valence-corrected chi connectivity index (χ3v) is 5.13. The largest absolute Gasteiger partial charge is 0.447 e. The fourth-order valence-electron chi connectivity index (χ4n) is 3.56. The summed E-state index contributed by atoms with van der Waals surface area (Å²) in [4.78, 5) is 36.8. The molecule has 2 saturated heterocycles. The highest BCUT2D eigenvalue weighted by molar-refractivity contribution is 5.89. The molecule has 3 heterocycles. The lowest BCUT2D eigenvalue weighted by molar-refractivity contribution is 0.0204. The summed E-state index contributed by atoms with van der Waals surface area (Å²) in [5.41, 5.74) is 0.355. The second kappa shape index (κ2) is 7.93. The number of carbonyl (C=O) groups is 2. The van der Waals surface area contributed by atoms with E-state index in [0.29, 0.717) is 25.5 Å². The van der Waals surface area contributed by atoms with Crippen LogP contribution in [0.2, 0.25) is 0 Å². The number of aromatic nitrogens is 2. The molecular weight excluding hydrogens is 360 g/mol. The van der Waals surface area contributed by atoms with Crippen LogP contribution >= 0.6 is 0 Å². The van der Waals surface area contributed by atoms with Crippen LogP contribution in [0.15, 0.2) is 12.4 Å². The van der Waals surface area contributed by atoms with E-state index in [1.807, 2.05) is 20.8 Å². The molecule has 0 saturated carbocycles. The summed E-state index contributed by atoms with van der Waals surface area (Å²) in [5.74, 6) is 0.990. The van der Waals surface area contributed by atoms with E-state index in [-0.39, 0.29) is 30.1 Å². The minimum atomic E-state index is -0.495. The van der Waals surface area contributed by atoms with Gasteiger partial charge in [0, 0.05) is 25.2 Å². The number of ether oxygens (including phenoxy) is 2. The first-order chi connectivity index (χ1) is 13.2. The Morgan fingerprint density at radius 3 is 2.54 bits per heavy atom. The van der Waals surface area contributed by atoms with Gasteiger partial charge in [-0.25, -0.2) is 14.6 Å². The normalized spacial score (nSPS) is 21.2. The van der Waals surface area contributed by atoms with Crippen molar-refractivity contribution in [1.82, 2.24) is 14.9 Å². The summed E-state index contributed by atoms with van der Waals surface area (Å²) in [6.45, 7) is 11.3. The van der Waals surface area contributed by atoms with Gasteiger partial charge in [-0.3, -0.25) is 9.88 Å². The molecule has 0 radical (unpaired) electrons. The minimum absolute atomic E-state index is 0.0361. The second-order valence-electron chi connectivity index (χ2n) is 8.80. The first kappa shape index (κ1) is 20.4. The molecule has 2 aliphatic rings. The Morgan fingerprint density at radius 1 is 1.25 bits per heavy atom. The van der Waals surface area contributed by atoms with Gasteiger partial charge in [-0.1, -0.05) is 13.8 Å². The molecule has 0 N–H and O–H groups in total. The number of anilines is 1. The lowest BCUT2D eigenvalue weighted by Crippen LogP contribution is -2.41. The summed E-state index contributed by atoms with van der Waals surface area (Å²) >= 11 is 0. The zero-order valence-corrected chi connectivity index (χ0v) is 17.3. The van der Waals surface area contributed by atoms with Crippen LogP contribution in [0.25, 0.3) is 0 Å². The molecule has 2 aliphatic heterocycles. The molecule has 1 unspecified atom stereocenters. The highest BCUT2D eigenvalue weighted by atomic mass is 16.6. The molecular formula is C20H30N4O4. The van der Waals surface area contributed by atoms with Crippen LogP contribution in [0.4, 0.5) is 15.4 Å². The maximum atomic E-state index is 12.2. The van der Waals surface area contributed by atoms with Crippen molar-refractivity contribution in [1.29, 1.82) is 0 Å². The number of nitrogens with zero attached hydrogens (tertiary/aromatic N) is 4. The molecule has 1 aromatic rings. The van der Waals surface area contributed by atoms with E-state index in [4.69, 9.17) is 14.5 Å². The maximum Gasteiger partial charge on any atom is 0.415 e. The van der Waals surface area contributed by atoms with Gasteiger partial charge in [0.15, 0.2) is 5.82 Å². The molecule has 1 atom stereocenters. The van der Waals surface area contributed by atoms with E-state index in [1.54, 1.807) is 22.2 Å². The molecule has 0 aromatic carbocycles. The predicted octanol–water partition coefficient (Wildman–Crippen LogP) is 3.57. The third kappa shape index (κ3) is 4.54. The number of hydrogen-bond acceptors (Lipinski definition) is 6. The molecule has 8 heteroatoms. The molecule has 28 heavy (non-hydrogen) atoms. The minimum Gasteiger partial charge on any atom is -0.447 e. The zero-order chi connectivity index (χ0) is 20.5. The molecule has 154 valence electrons. The Kier molecular flexibility index (Phi) is 5.76. The first-order valence-corrected chi connectivity index (χ1v) is 9.91. The van der Waals surface area contributed by atoms with Gasteiger partial charge in [0.05, 0.1) is 17.9 Å². The van der Waals surface area contributed by atoms with Crippen LogP contribution in [0.1, 0.15) is 59.1 Å². The Hall–Kier alpha value is -2.38. The van der Waals surface area contributed by atoms with Gasteiger partial charge >= 0.3 is 12.2 Å². The summed E-state index contributed by atoms with van der Waals surface area (Å²) in [6, 6.07) is -0.0361. The van der Waals surface area contributed by atoms with Gasteiger partial charge in [0.25, 0.3) is 0 Å². The number of piperidine rings is 1. The fourth-order valence-corrected chi connectivity index (χ4v) is 3.56. The lowest BCUT2D eigenvalue weighted by atomic mass is 9.94. The van der Waals surface area contributed by atoms with Crippen LogP contribution in [-0.4, -0.2) is 58.4 Å². The van der Waals surface area contributed by atoms with Gasteiger partial charge in [-0.05, 0) is 39.5 Å². The van der Waals surface area contributed by atoms with Crippen molar-refractivity contribution in [3.63, 3.8) is 0 Å². The Labute approximate surface area is 166 Å². The van der Waals surface area contributed by atoms with Crippen molar-refractivity contribution in [3.8, 4) is 0 Å². The summed E-state index contributed by atoms with van der Waals surface area (Å²) in [5, 5.41) is 0. The van der Waals surface area contributed by atoms with Crippen LogP contribution < -0.4 is 4.90 Å². The average Bonchev–Trinajstić information content (AvgIpc) is 3.02. The van der Waals surface area contributed by atoms with Gasteiger partial charge in [-0.2, -0.15) is 0 Å². The zero-order valence-electron chi connectivity index (χ0n) is 17.3. The molecule has 8 nitrogen and oxygen atoms in total. The number of amides is 2. The third-order valence-electron chi connectivity index (χ3n) is 5.13. The monoisotopic (exact) mass is 390 g/mol. The quantitative estimate of drug-likeness (QED) is 0.784. The highest BCUT2D eigenvalue weighted by Crippen LogP contribution is 2.30. The summed E-state index contributed by atoms with van der Waals surface area (Å²) in [7, 11) is 0. The van der Waals surface area contributed by atoms with Crippen LogP contribution in [0.3, 0.4) is 0 Å².